The summed E-state index contributed by atoms with van der Waals surface area (Å²) >= 11 is 0. The first-order chi connectivity index (χ1) is 8.24. The van der Waals surface area contributed by atoms with Crippen LogP contribution in [0.25, 0.3) is 0 Å². The lowest BCUT2D eigenvalue weighted by atomic mass is 10.1. The number of hydrogen-bond donors (Lipinski definition) is 2. The van der Waals surface area contributed by atoms with E-state index >= 15 is 0 Å². The van der Waals surface area contributed by atoms with E-state index in [1.165, 1.54) is 11.1 Å². The monoisotopic (exact) mass is 236 g/mol. The zero-order valence-corrected chi connectivity index (χ0v) is 10.2. The molecule has 0 aliphatic heterocycles. The Morgan fingerprint density at radius 2 is 2.06 bits per heavy atom. The van der Waals surface area contributed by atoms with Gasteiger partial charge in [0.05, 0.1) is 6.61 Å². The maximum atomic E-state index is 10.5. The van der Waals surface area contributed by atoms with Crippen molar-refractivity contribution in [2.75, 3.05) is 13.7 Å². The number of nitrogens with one attached hydrogen (secondary N) is 1. The quantitative estimate of drug-likeness (QED) is 0.666. The smallest absolute Gasteiger partial charge is 0.217 e. The summed E-state index contributed by atoms with van der Waals surface area (Å²) in [6.45, 7) is 2.21. The summed E-state index contributed by atoms with van der Waals surface area (Å²) in [4.78, 5) is 10.5. The summed E-state index contributed by atoms with van der Waals surface area (Å²) in [5, 5.41) is 3.29. The van der Waals surface area contributed by atoms with Crippen molar-refractivity contribution in [3.05, 3.63) is 35.4 Å². The fourth-order valence-electron chi connectivity index (χ4n) is 1.64. The number of methoxy groups -OCH3 is 1. The number of benzene rings is 1. The number of primary amides is 1. The number of amides is 1. The van der Waals surface area contributed by atoms with Crippen LogP contribution in [0.5, 0.6) is 0 Å². The van der Waals surface area contributed by atoms with E-state index in [-0.39, 0.29) is 5.91 Å². The van der Waals surface area contributed by atoms with Crippen LogP contribution in [-0.4, -0.2) is 19.6 Å². The molecular formula is C13H20N2O2. The predicted octanol–water partition coefficient (Wildman–Crippen LogP) is 1.19. The first kappa shape index (κ1) is 13.7. The van der Waals surface area contributed by atoms with Crippen molar-refractivity contribution < 1.29 is 9.53 Å². The van der Waals surface area contributed by atoms with E-state index in [1.54, 1.807) is 7.11 Å². The molecule has 1 amide bonds. The molecule has 0 aliphatic rings. The molecule has 1 aromatic rings. The molecule has 0 heterocycles. The molecule has 4 heteroatoms. The zero-order chi connectivity index (χ0) is 12.5. The molecule has 0 fully saturated rings. The van der Waals surface area contributed by atoms with Gasteiger partial charge in [0, 0.05) is 20.1 Å². The number of rotatable bonds is 8. The topological polar surface area (TPSA) is 64.3 Å². The van der Waals surface area contributed by atoms with Gasteiger partial charge < -0.3 is 15.8 Å². The molecule has 17 heavy (non-hydrogen) atoms. The van der Waals surface area contributed by atoms with Gasteiger partial charge in [-0.2, -0.15) is 0 Å². The molecule has 0 atom stereocenters. The maximum absolute atomic E-state index is 10.5. The summed E-state index contributed by atoms with van der Waals surface area (Å²) in [6.07, 6.45) is 1.22. The normalized spacial score (nSPS) is 10.4. The largest absolute Gasteiger partial charge is 0.380 e. The number of hydrogen-bond acceptors (Lipinski definition) is 3. The SMILES string of the molecule is COCc1ccccc1CNCCCC(N)=O. The maximum Gasteiger partial charge on any atom is 0.217 e. The van der Waals surface area contributed by atoms with Crippen molar-refractivity contribution in [1.29, 1.82) is 0 Å². The van der Waals surface area contributed by atoms with Crippen LogP contribution in [0.1, 0.15) is 24.0 Å². The van der Waals surface area contributed by atoms with Gasteiger partial charge in [-0.25, -0.2) is 0 Å². The average molecular weight is 236 g/mol. The molecule has 0 aliphatic carbocycles. The van der Waals surface area contributed by atoms with Crippen LogP contribution in [0.3, 0.4) is 0 Å². The Labute approximate surface area is 102 Å². The molecule has 0 aromatic heterocycles. The van der Waals surface area contributed by atoms with Crippen LogP contribution in [0.2, 0.25) is 0 Å². The lowest BCUT2D eigenvalue weighted by Crippen LogP contribution is -2.18. The van der Waals surface area contributed by atoms with Gasteiger partial charge in [0.2, 0.25) is 5.91 Å². The van der Waals surface area contributed by atoms with Crippen molar-refractivity contribution in [1.82, 2.24) is 5.32 Å². The minimum atomic E-state index is -0.244. The van der Waals surface area contributed by atoms with Crippen molar-refractivity contribution in [3.63, 3.8) is 0 Å². The Morgan fingerprint density at radius 1 is 1.35 bits per heavy atom. The molecular weight excluding hydrogens is 216 g/mol. The lowest BCUT2D eigenvalue weighted by molar-refractivity contribution is -0.118. The number of carbonyl (C=O) groups is 1. The molecule has 1 aromatic carbocycles. The summed E-state index contributed by atoms with van der Waals surface area (Å²) in [6, 6.07) is 8.16. The molecule has 0 radical (unpaired) electrons. The molecule has 0 saturated carbocycles. The Kier molecular flexibility index (Phi) is 6.29. The Bertz CT molecular complexity index is 353. The second-order valence-electron chi connectivity index (χ2n) is 3.95. The highest BCUT2D eigenvalue weighted by Crippen LogP contribution is 2.09. The molecule has 94 valence electrons. The second kappa shape index (κ2) is 7.81. The fourth-order valence-corrected chi connectivity index (χ4v) is 1.64. The molecule has 3 N–H and O–H groups in total. The van der Waals surface area contributed by atoms with E-state index in [4.69, 9.17) is 10.5 Å². The third-order valence-electron chi connectivity index (χ3n) is 2.51. The van der Waals surface area contributed by atoms with Crippen LogP contribution >= 0.6 is 0 Å². The Balaban J connectivity index is 2.33. The Hall–Kier alpha value is -1.39. The van der Waals surface area contributed by atoms with E-state index in [1.807, 2.05) is 12.1 Å². The third-order valence-corrected chi connectivity index (χ3v) is 2.51. The highest BCUT2D eigenvalue weighted by Gasteiger charge is 2.00. The molecule has 0 unspecified atom stereocenters. The van der Waals surface area contributed by atoms with Crippen LogP contribution in [0, 0.1) is 0 Å². The van der Waals surface area contributed by atoms with Gasteiger partial charge >= 0.3 is 0 Å². The Morgan fingerprint density at radius 3 is 2.71 bits per heavy atom. The van der Waals surface area contributed by atoms with Gasteiger partial charge in [-0.15, -0.1) is 0 Å². The predicted molar refractivity (Wildman–Crippen MR) is 67.3 cm³/mol. The number of ether oxygens (including phenoxy) is 1. The van der Waals surface area contributed by atoms with Crippen molar-refractivity contribution in [3.8, 4) is 0 Å². The van der Waals surface area contributed by atoms with Gasteiger partial charge in [-0.3, -0.25) is 4.79 Å². The molecule has 0 spiro atoms. The minimum absolute atomic E-state index is 0.244. The van der Waals surface area contributed by atoms with Crippen molar-refractivity contribution >= 4 is 5.91 Å². The van der Waals surface area contributed by atoms with Crippen LogP contribution in [0.15, 0.2) is 24.3 Å². The number of nitrogens with two attached hydrogens (primary N) is 1. The molecule has 0 saturated heterocycles. The van der Waals surface area contributed by atoms with Crippen LogP contribution < -0.4 is 11.1 Å². The van der Waals surface area contributed by atoms with Crippen molar-refractivity contribution in [2.24, 2.45) is 5.73 Å². The first-order valence-electron chi connectivity index (χ1n) is 5.78. The van der Waals surface area contributed by atoms with E-state index in [2.05, 4.69) is 17.4 Å². The summed E-state index contributed by atoms with van der Waals surface area (Å²) < 4.78 is 5.14. The van der Waals surface area contributed by atoms with Crippen molar-refractivity contribution in [2.45, 2.75) is 26.0 Å². The first-order valence-corrected chi connectivity index (χ1v) is 5.78. The fraction of sp³-hybridized carbons (Fsp3) is 0.462. The van der Waals surface area contributed by atoms with Gasteiger partial charge in [0.15, 0.2) is 0 Å². The molecule has 4 nitrogen and oxygen atoms in total. The highest BCUT2D eigenvalue weighted by atomic mass is 16.5. The van der Waals surface area contributed by atoms with E-state index in [0.717, 1.165) is 19.5 Å². The van der Waals surface area contributed by atoms with Crippen LogP contribution in [-0.2, 0) is 22.7 Å². The summed E-state index contributed by atoms with van der Waals surface area (Å²) in [5.74, 6) is -0.244. The summed E-state index contributed by atoms with van der Waals surface area (Å²) in [5.41, 5.74) is 7.49. The molecule has 0 bridgehead atoms. The lowest BCUT2D eigenvalue weighted by Gasteiger charge is -2.09. The minimum Gasteiger partial charge on any atom is -0.380 e. The average Bonchev–Trinajstić information content (AvgIpc) is 2.31. The van der Waals surface area contributed by atoms with E-state index < -0.39 is 0 Å². The van der Waals surface area contributed by atoms with Crippen LogP contribution in [0.4, 0.5) is 0 Å². The third kappa shape index (κ3) is 5.47. The van der Waals surface area contributed by atoms with Gasteiger partial charge in [0.25, 0.3) is 0 Å². The van der Waals surface area contributed by atoms with Gasteiger partial charge in [0.1, 0.15) is 0 Å². The molecule has 1 rings (SSSR count). The number of carbonyl (C=O) groups excluding carboxylic acids is 1. The van der Waals surface area contributed by atoms with E-state index in [9.17, 15) is 4.79 Å². The standard InChI is InChI=1S/C13H20N2O2/c1-17-10-12-6-3-2-5-11(12)9-15-8-4-7-13(14)16/h2-3,5-6,15H,4,7-10H2,1H3,(H2,14,16). The van der Waals surface area contributed by atoms with E-state index in [0.29, 0.717) is 13.0 Å². The summed E-state index contributed by atoms with van der Waals surface area (Å²) in [7, 11) is 1.69. The van der Waals surface area contributed by atoms with Gasteiger partial charge in [-0.05, 0) is 24.1 Å². The zero-order valence-electron chi connectivity index (χ0n) is 10.2. The highest BCUT2D eigenvalue weighted by molar-refractivity contribution is 5.73. The van der Waals surface area contributed by atoms with Gasteiger partial charge in [-0.1, -0.05) is 24.3 Å². The second-order valence-corrected chi connectivity index (χ2v) is 3.95.